The van der Waals surface area contributed by atoms with Gasteiger partial charge in [-0.05, 0) is 42.0 Å². The number of halogens is 1. The Morgan fingerprint density at radius 1 is 1.14 bits per heavy atom. The van der Waals surface area contributed by atoms with Crippen LogP contribution in [0.2, 0.25) is 5.02 Å². The molecule has 7 heteroatoms. The molecule has 114 valence electrons. The van der Waals surface area contributed by atoms with Crippen molar-refractivity contribution >= 4 is 39.4 Å². The third kappa shape index (κ3) is 4.61. The number of nitrogens with one attached hydrogen (secondary N) is 1. The van der Waals surface area contributed by atoms with Gasteiger partial charge in [0.05, 0.1) is 11.0 Å². The molecule has 2 rings (SSSR count). The second kappa shape index (κ2) is 6.64. The van der Waals surface area contributed by atoms with Crippen molar-refractivity contribution in [1.82, 2.24) is 0 Å². The molecular weight excluding hydrogens is 326 g/mol. The monoisotopic (exact) mass is 337 g/mol. The first-order valence-electron chi connectivity index (χ1n) is 6.15. The molecule has 0 heterocycles. The average Bonchev–Trinajstić information content (AvgIpc) is 2.46. The number of carboxylic acids is 1. The highest BCUT2D eigenvalue weighted by atomic mass is 35.5. The Balaban J connectivity index is 2.15. The van der Waals surface area contributed by atoms with Crippen LogP contribution in [0.3, 0.4) is 0 Å². The van der Waals surface area contributed by atoms with Crippen molar-refractivity contribution in [1.29, 1.82) is 0 Å². The Morgan fingerprint density at radius 2 is 1.82 bits per heavy atom. The second-order valence-electron chi connectivity index (χ2n) is 4.39. The molecule has 0 unspecified atom stereocenters. The van der Waals surface area contributed by atoms with Crippen LogP contribution in [0.5, 0.6) is 0 Å². The topological polar surface area (TPSA) is 83.5 Å². The maximum absolute atomic E-state index is 11.9. The normalized spacial score (nSPS) is 11.5. The number of hydrogen-bond acceptors (Lipinski definition) is 3. The zero-order chi connectivity index (χ0) is 16.2. The minimum atomic E-state index is -3.74. The number of hydrogen-bond donors (Lipinski definition) is 2. The second-order valence-corrected chi connectivity index (χ2v) is 6.39. The van der Waals surface area contributed by atoms with Gasteiger partial charge in [-0.1, -0.05) is 29.8 Å². The summed E-state index contributed by atoms with van der Waals surface area (Å²) in [5.74, 6) is -1.13. The lowest BCUT2D eigenvalue weighted by molar-refractivity contribution is 0.0697. The van der Waals surface area contributed by atoms with E-state index in [0.29, 0.717) is 10.6 Å². The Bertz CT molecular complexity index is 814. The third-order valence-electron chi connectivity index (χ3n) is 2.68. The highest BCUT2D eigenvalue weighted by Crippen LogP contribution is 2.15. The van der Waals surface area contributed by atoms with Gasteiger partial charge in [0, 0.05) is 10.7 Å². The minimum Gasteiger partial charge on any atom is -0.478 e. The molecule has 0 saturated heterocycles. The summed E-state index contributed by atoms with van der Waals surface area (Å²) < 4.78 is 26.2. The van der Waals surface area contributed by atoms with E-state index in [2.05, 4.69) is 4.72 Å². The lowest BCUT2D eigenvalue weighted by atomic mass is 10.2. The number of rotatable bonds is 5. The molecule has 0 aliphatic carbocycles. The van der Waals surface area contributed by atoms with E-state index in [1.54, 1.807) is 24.3 Å². The van der Waals surface area contributed by atoms with Gasteiger partial charge >= 0.3 is 5.97 Å². The molecule has 0 aromatic heterocycles. The third-order valence-corrected chi connectivity index (χ3v) is 3.95. The summed E-state index contributed by atoms with van der Waals surface area (Å²) in [6, 6.07) is 12.2. The maximum atomic E-state index is 11.9. The van der Waals surface area contributed by atoms with E-state index in [4.69, 9.17) is 16.7 Å². The van der Waals surface area contributed by atoms with E-state index in [1.165, 1.54) is 30.3 Å². The largest absolute Gasteiger partial charge is 0.478 e. The predicted molar refractivity (Wildman–Crippen MR) is 86.4 cm³/mol. The summed E-state index contributed by atoms with van der Waals surface area (Å²) >= 11 is 5.75. The maximum Gasteiger partial charge on any atom is 0.335 e. The van der Waals surface area contributed by atoms with Gasteiger partial charge in [-0.25, -0.2) is 13.2 Å². The SMILES string of the molecule is O=C(O)c1cccc(NS(=O)(=O)/C=C/c2ccc(Cl)cc2)c1. The number of benzene rings is 2. The van der Waals surface area contributed by atoms with Crippen molar-refractivity contribution < 1.29 is 18.3 Å². The van der Waals surface area contributed by atoms with Crippen LogP contribution in [0.25, 0.3) is 6.08 Å². The first kappa shape index (κ1) is 16.1. The minimum absolute atomic E-state index is 0.00174. The molecular formula is C15H12ClNO4S. The van der Waals surface area contributed by atoms with Gasteiger partial charge in [0.1, 0.15) is 0 Å². The molecule has 0 spiro atoms. The summed E-state index contributed by atoms with van der Waals surface area (Å²) in [7, 11) is -3.74. The predicted octanol–water partition coefficient (Wildman–Crippen LogP) is 3.45. The molecule has 2 N–H and O–H groups in total. The fourth-order valence-corrected chi connectivity index (χ4v) is 2.64. The van der Waals surface area contributed by atoms with Gasteiger partial charge < -0.3 is 5.11 Å². The molecule has 22 heavy (non-hydrogen) atoms. The molecule has 2 aromatic carbocycles. The fourth-order valence-electron chi connectivity index (χ4n) is 1.66. The fraction of sp³-hybridized carbons (Fsp3) is 0. The van der Waals surface area contributed by atoms with Crippen LogP contribution in [-0.2, 0) is 10.0 Å². The summed E-state index contributed by atoms with van der Waals surface area (Å²) in [4.78, 5) is 10.9. The van der Waals surface area contributed by atoms with Gasteiger partial charge in [0.25, 0.3) is 10.0 Å². The van der Waals surface area contributed by atoms with Crippen molar-refractivity contribution in [2.75, 3.05) is 4.72 Å². The molecule has 0 radical (unpaired) electrons. The van der Waals surface area contributed by atoms with Crippen LogP contribution in [0.1, 0.15) is 15.9 Å². The molecule has 0 amide bonds. The highest BCUT2D eigenvalue weighted by Gasteiger charge is 2.08. The number of anilines is 1. The van der Waals surface area contributed by atoms with Crippen LogP contribution >= 0.6 is 11.6 Å². The number of sulfonamides is 1. The molecule has 5 nitrogen and oxygen atoms in total. The summed E-state index contributed by atoms with van der Waals surface area (Å²) in [6.07, 6.45) is 1.42. The average molecular weight is 338 g/mol. The molecule has 2 aromatic rings. The van der Waals surface area contributed by atoms with E-state index in [0.717, 1.165) is 5.41 Å². The molecule has 0 atom stereocenters. The van der Waals surface area contributed by atoms with Gasteiger partial charge in [0.2, 0.25) is 0 Å². The lowest BCUT2D eigenvalue weighted by Crippen LogP contribution is -2.09. The zero-order valence-electron chi connectivity index (χ0n) is 11.2. The Labute approximate surface area is 132 Å². The zero-order valence-corrected chi connectivity index (χ0v) is 12.8. The van der Waals surface area contributed by atoms with Crippen molar-refractivity contribution in [3.8, 4) is 0 Å². The standard InChI is InChI=1S/C15H12ClNO4S/c16-13-6-4-11(5-7-13)8-9-22(20,21)17-14-3-1-2-12(10-14)15(18)19/h1-10,17H,(H,18,19)/b9-8+. The Hall–Kier alpha value is -2.31. The van der Waals surface area contributed by atoms with Crippen molar-refractivity contribution in [2.45, 2.75) is 0 Å². The van der Waals surface area contributed by atoms with Crippen LogP contribution in [0, 0.1) is 0 Å². The van der Waals surface area contributed by atoms with E-state index >= 15 is 0 Å². The Kier molecular flexibility index (Phi) is 4.85. The van der Waals surface area contributed by atoms with Crippen molar-refractivity contribution in [3.63, 3.8) is 0 Å². The first-order chi connectivity index (χ1) is 10.4. The van der Waals surface area contributed by atoms with E-state index in [1.807, 2.05) is 0 Å². The van der Waals surface area contributed by atoms with Gasteiger partial charge in [-0.3, -0.25) is 4.72 Å². The van der Waals surface area contributed by atoms with Crippen molar-refractivity contribution in [2.24, 2.45) is 0 Å². The quantitative estimate of drug-likeness (QED) is 0.875. The molecule has 0 saturated carbocycles. The summed E-state index contributed by atoms with van der Waals surface area (Å²) in [5.41, 5.74) is 0.858. The summed E-state index contributed by atoms with van der Waals surface area (Å²) in [6.45, 7) is 0. The van der Waals surface area contributed by atoms with Gasteiger partial charge in [0.15, 0.2) is 0 Å². The van der Waals surface area contributed by atoms with E-state index in [-0.39, 0.29) is 11.3 Å². The van der Waals surface area contributed by atoms with Gasteiger partial charge in [-0.15, -0.1) is 0 Å². The molecule has 0 aliphatic heterocycles. The summed E-state index contributed by atoms with van der Waals surface area (Å²) in [5, 5.41) is 10.4. The van der Waals surface area contributed by atoms with Crippen LogP contribution < -0.4 is 4.72 Å². The van der Waals surface area contributed by atoms with Gasteiger partial charge in [-0.2, -0.15) is 0 Å². The van der Waals surface area contributed by atoms with E-state index in [9.17, 15) is 13.2 Å². The smallest absolute Gasteiger partial charge is 0.335 e. The lowest BCUT2D eigenvalue weighted by Gasteiger charge is -2.05. The molecule has 0 fully saturated rings. The van der Waals surface area contributed by atoms with E-state index < -0.39 is 16.0 Å². The molecule has 0 aliphatic rings. The number of carboxylic acid groups (broad SMARTS) is 1. The highest BCUT2D eigenvalue weighted by molar-refractivity contribution is 7.95. The number of carbonyl (C=O) groups is 1. The van der Waals surface area contributed by atoms with Crippen LogP contribution in [-0.4, -0.2) is 19.5 Å². The Morgan fingerprint density at radius 3 is 2.45 bits per heavy atom. The van der Waals surface area contributed by atoms with Crippen molar-refractivity contribution in [3.05, 3.63) is 70.1 Å². The van der Waals surface area contributed by atoms with Crippen LogP contribution in [0.4, 0.5) is 5.69 Å². The van der Waals surface area contributed by atoms with Crippen LogP contribution in [0.15, 0.2) is 53.9 Å². The first-order valence-corrected chi connectivity index (χ1v) is 8.08. The molecule has 0 bridgehead atoms. The number of aromatic carboxylic acids is 1.